The summed E-state index contributed by atoms with van der Waals surface area (Å²) in [4.78, 5) is 21.9. The molecule has 0 saturated carbocycles. The maximum atomic E-state index is 14.3. The third-order valence-corrected chi connectivity index (χ3v) is 7.68. The highest BCUT2D eigenvalue weighted by atomic mass is 19.4. The fourth-order valence-electron chi connectivity index (χ4n) is 5.56. The Hall–Kier alpha value is -4.47. The molecule has 3 heterocycles. The lowest BCUT2D eigenvalue weighted by Gasteiger charge is -2.43. The van der Waals surface area contributed by atoms with Crippen molar-refractivity contribution >= 4 is 11.6 Å². The fourth-order valence-corrected chi connectivity index (χ4v) is 5.56. The van der Waals surface area contributed by atoms with Crippen LogP contribution in [0.15, 0.2) is 54.7 Å². The van der Waals surface area contributed by atoms with Gasteiger partial charge >= 0.3 is 6.18 Å². The maximum Gasteiger partial charge on any atom is 0.433 e. The van der Waals surface area contributed by atoms with E-state index in [1.165, 1.54) is 14.0 Å². The van der Waals surface area contributed by atoms with Gasteiger partial charge in [-0.1, -0.05) is 12.1 Å². The zero-order valence-electron chi connectivity index (χ0n) is 23.3. The average Bonchev–Trinajstić information content (AvgIpc) is 3.39. The van der Waals surface area contributed by atoms with Crippen molar-refractivity contribution < 1.29 is 27.8 Å². The minimum atomic E-state index is -4.75. The number of hydrogen-bond donors (Lipinski definition) is 1. The summed E-state index contributed by atoms with van der Waals surface area (Å²) in [5.41, 5.74) is 0.484. The van der Waals surface area contributed by atoms with Crippen LogP contribution >= 0.6 is 0 Å². The number of nitrogens with zero attached hydrogens (tertiary/aromatic N) is 6. The first-order valence-electron chi connectivity index (χ1n) is 13.3. The van der Waals surface area contributed by atoms with Gasteiger partial charge in [0, 0.05) is 36.8 Å². The van der Waals surface area contributed by atoms with Gasteiger partial charge in [-0.15, -0.1) is 0 Å². The monoisotopic (exact) mass is 578 g/mol. The molecule has 1 aliphatic heterocycles. The van der Waals surface area contributed by atoms with Crippen molar-refractivity contribution in [1.82, 2.24) is 24.4 Å². The van der Waals surface area contributed by atoms with Crippen molar-refractivity contribution in [1.29, 1.82) is 5.26 Å². The molecule has 0 aliphatic carbocycles. The van der Waals surface area contributed by atoms with Gasteiger partial charge in [-0.3, -0.25) is 9.69 Å². The third-order valence-electron chi connectivity index (χ3n) is 7.68. The summed E-state index contributed by atoms with van der Waals surface area (Å²) in [6, 6.07) is 14.9. The second-order valence-electron chi connectivity index (χ2n) is 10.2. The summed E-state index contributed by atoms with van der Waals surface area (Å²) in [7, 11) is 1.49. The minimum absolute atomic E-state index is 0.0315. The summed E-state index contributed by atoms with van der Waals surface area (Å²) < 4.78 is 48.8. The lowest BCUT2D eigenvalue weighted by Crippen LogP contribution is -2.55. The normalized spacial score (nSPS) is 16.8. The van der Waals surface area contributed by atoms with Crippen molar-refractivity contribution in [3.05, 3.63) is 82.7 Å². The van der Waals surface area contributed by atoms with Crippen molar-refractivity contribution in [3.63, 3.8) is 0 Å². The van der Waals surface area contributed by atoms with E-state index in [1.54, 1.807) is 47.4 Å². The number of hydrogen-bond acceptors (Lipinski definition) is 7. The van der Waals surface area contributed by atoms with Gasteiger partial charge in [0.15, 0.2) is 11.3 Å². The number of nitriles is 1. The number of alkyl halides is 3. The first-order chi connectivity index (χ1) is 20.1. The first-order valence-corrected chi connectivity index (χ1v) is 13.3. The number of benzene rings is 2. The molecular weight excluding hydrogens is 549 g/mol. The molecule has 0 unspecified atom stereocenters. The van der Waals surface area contributed by atoms with Gasteiger partial charge in [0.2, 0.25) is 0 Å². The summed E-state index contributed by atoms with van der Waals surface area (Å²) in [5, 5.41) is 23.4. The third kappa shape index (κ3) is 5.29. The quantitative estimate of drug-likeness (QED) is 0.360. The summed E-state index contributed by atoms with van der Waals surface area (Å²) in [6.07, 6.45) is -3.61. The van der Waals surface area contributed by atoms with Gasteiger partial charge in [0.25, 0.3) is 5.91 Å². The number of aliphatic hydroxyl groups excluding tert-OH is 1. The second kappa shape index (κ2) is 11.4. The molecule has 1 N–H and O–H groups in total. The van der Waals surface area contributed by atoms with E-state index in [2.05, 4.69) is 16.2 Å². The van der Waals surface area contributed by atoms with Gasteiger partial charge in [-0.05, 0) is 55.8 Å². The standard InChI is InChI=1S/C30H29F3N6O3/c1-18-16-37(25(17-40)22-6-4-5-20(13-22)14-34)11-12-38(18)29(41)24-15-35-39-27(30(31,32)33)19(2)26(36-28(24)39)21-7-9-23(42-3)10-8-21/h4-10,13,15,18,25,40H,11-12,16-17H2,1-3H3/t18-,25+/m1/s1. The van der Waals surface area contributed by atoms with Crippen LogP contribution < -0.4 is 4.74 Å². The predicted octanol–water partition coefficient (Wildman–Crippen LogP) is 4.48. The predicted molar refractivity (Wildman–Crippen MR) is 148 cm³/mol. The van der Waals surface area contributed by atoms with Gasteiger partial charge < -0.3 is 14.7 Å². The van der Waals surface area contributed by atoms with Gasteiger partial charge in [-0.25, -0.2) is 9.50 Å². The zero-order chi connectivity index (χ0) is 30.2. The van der Waals surface area contributed by atoms with E-state index in [-0.39, 0.29) is 47.7 Å². The van der Waals surface area contributed by atoms with E-state index < -0.39 is 17.8 Å². The molecule has 0 spiro atoms. The van der Waals surface area contributed by atoms with Crippen LogP contribution in [0.1, 0.15) is 45.7 Å². The minimum Gasteiger partial charge on any atom is -0.497 e. The lowest BCUT2D eigenvalue weighted by molar-refractivity contribution is -0.143. The van der Waals surface area contributed by atoms with Crippen LogP contribution in [-0.2, 0) is 6.18 Å². The lowest BCUT2D eigenvalue weighted by atomic mass is 10.0. The summed E-state index contributed by atoms with van der Waals surface area (Å²) >= 11 is 0. The number of rotatable bonds is 6. The number of aliphatic hydroxyl groups is 1. The zero-order valence-corrected chi connectivity index (χ0v) is 23.3. The van der Waals surface area contributed by atoms with Crippen LogP contribution in [0.25, 0.3) is 16.9 Å². The molecule has 12 heteroatoms. The molecule has 2 atom stereocenters. The molecule has 1 amide bonds. The van der Waals surface area contributed by atoms with Crippen molar-refractivity contribution in [2.24, 2.45) is 0 Å². The number of halogens is 3. The van der Waals surface area contributed by atoms with E-state index in [4.69, 9.17) is 4.74 Å². The number of amides is 1. The Balaban J connectivity index is 1.48. The molecule has 2 aromatic heterocycles. The van der Waals surface area contributed by atoms with Crippen LogP contribution in [0.4, 0.5) is 13.2 Å². The fraction of sp³-hybridized carbons (Fsp3) is 0.333. The van der Waals surface area contributed by atoms with E-state index in [1.807, 2.05) is 17.9 Å². The maximum absolute atomic E-state index is 14.3. The molecule has 2 aromatic carbocycles. The number of piperazine rings is 1. The number of aromatic nitrogens is 3. The highest BCUT2D eigenvalue weighted by Gasteiger charge is 2.39. The number of fused-ring (bicyclic) bond motifs is 1. The molecule has 1 fully saturated rings. The van der Waals surface area contributed by atoms with Crippen LogP contribution in [0.3, 0.4) is 0 Å². The molecule has 4 aromatic rings. The SMILES string of the molecule is COc1ccc(-c2nc3c(C(=O)N4CCN([C@@H](CO)c5cccc(C#N)c5)C[C@H]4C)cnn3c(C(F)(F)F)c2C)cc1. The molecular formula is C30H29F3N6O3. The van der Waals surface area contributed by atoms with Gasteiger partial charge in [-0.2, -0.15) is 23.5 Å². The Morgan fingerprint density at radius 1 is 1.21 bits per heavy atom. The van der Waals surface area contributed by atoms with E-state index in [9.17, 15) is 28.3 Å². The Labute approximate surface area is 240 Å². The highest BCUT2D eigenvalue weighted by Crippen LogP contribution is 2.37. The van der Waals surface area contributed by atoms with Crippen molar-refractivity contribution in [2.45, 2.75) is 32.1 Å². The molecule has 1 aliphatic rings. The Bertz CT molecular complexity index is 1660. The van der Waals surface area contributed by atoms with Crippen LogP contribution in [0, 0.1) is 18.3 Å². The summed E-state index contributed by atoms with van der Waals surface area (Å²) in [6.45, 7) is 4.09. The highest BCUT2D eigenvalue weighted by molar-refractivity contribution is 6.00. The molecule has 0 radical (unpaired) electrons. The van der Waals surface area contributed by atoms with Crippen LogP contribution in [-0.4, -0.2) is 74.8 Å². The summed E-state index contributed by atoms with van der Waals surface area (Å²) in [5.74, 6) is 0.0671. The van der Waals surface area contributed by atoms with E-state index in [0.29, 0.717) is 34.5 Å². The Morgan fingerprint density at radius 3 is 2.57 bits per heavy atom. The molecule has 42 heavy (non-hydrogen) atoms. The number of carbonyl (C=O) groups is 1. The molecule has 1 saturated heterocycles. The van der Waals surface area contributed by atoms with Gasteiger partial charge in [0.05, 0.1) is 43.3 Å². The van der Waals surface area contributed by atoms with Crippen molar-refractivity contribution in [3.8, 4) is 23.1 Å². The van der Waals surface area contributed by atoms with E-state index in [0.717, 1.165) is 11.8 Å². The second-order valence-corrected chi connectivity index (χ2v) is 10.2. The topological polar surface area (TPSA) is 107 Å². The molecule has 218 valence electrons. The number of methoxy groups -OCH3 is 1. The molecule has 0 bridgehead atoms. The largest absolute Gasteiger partial charge is 0.497 e. The van der Waals surface area contributed by atoms with Gasteiger partial charge in [0.1, 0.15) is 11.3 Å². The number of ether oxygens (including phenoxy) is 1. The molecule has 9 nitrogen and oxygen atoms in total. The average molecular weight is 579 g/mol. The van der Waals surface area contributed by atoms with Crippen LogP contribution in [0.2, 0.25) is 0 Å². The first kappa shape index (κ1) is 29.0. The molecule has 5 rings (SSSR count). The smallest absolute Gasteiger partial charge is 0.433 e. The van der Waals surface area contributed by atoms with Crippen molar-refractivity contribution in [2.75, 3.05) is 33.4 Å². The Morgan fingerprint density at radius 2 is 1.95 bits per heavy atom. The Kier molecular flexibility index (Phi) is 7.90. The van der Waals surface area contributed by atoms with Crippen LogP contribution in [0.5, 0.6) is 5.75 Å². The number of carbonyl (C=O) groups excluding carboxylic acids is 1. The van der Waals surface area contributed by atoms with E-state index >= 15 is 0 Å².